The van der Waals surface area contributed by atoms with E-state index in [-0.39, 0.29) is 0 Å². The summed E-state index contributed by atoms with van der Waals surface area (Å²) in [5.41, 5.74) is 0.638. The van der Waals surface area contributed by atoms with Crippen LogP contribution in [0.2, 0.25) is 0 Å². The molecular formula is C16H14INO2. The van der Waals surface area contributed by atoms with Gasteiger partial charge in [-0.25, -0.2) is 0 Å². The van der Waals surface area contributed by atoms with Crippen molar-refractivity contribution in [3.63, 3.8) is 0 Å². The molecule has 2 aromatic rings. The first kappa shape index (κ1) is 14.7. The normalized spacial score (nSPS) is 9.80. The maximum absolute atomic E-state index is 8.69. The van der Waals surface area contributed by atoms with E-state index in [1.807, 2.05) is 24.3 Å². The highest BCUT2D eigenvalue weighted by Crippen LogP contribution is 2.15. The van der Waals surface area contributed by atoms with Gasteiger partial charge in [-0.05, 0) is 65.1 Å². The van der Waals surface area contributed by atoms with Gasteiger partial charge in [0.15, 0.2) is 0 Å². The predicted molar refractivity (Wildman–Crippen MR) is 85.9 cm³/mol. The fraction of sp³-hybridized carbons (Fsp3) is 0.188. The summed E-state index contributed by atoms with van der Waals surface area (Å²) in [4.78, 5) is 0. The summed E-state index contributed by atoms with van der Waals surface area (Å²) in [6.45, 7) is 1.21. The molecule has 0 atom stereocenters. The molecule has 2 aromatic carbocycles. The molecule has 4 heteroatoms. The van der Waals surface area contributed by atoms with Crippen molar-refractivity contribution in [2.75, 3.05) is 13.2 Å². The molecule has 0 radical (unpaired) electrons. The minimum Gasteiger partial charge on any atom is -0.493 e. The van der Waals surface area contributed by atoms with Crippen molar-refractivity contribution in [1.29, 1.82) is 5.26 Å². The number of halogens is 1. The fourth-order valence-corrected chi connectivity index (χ4v) is 2.14. The molecule has 0 amide bonds. The second-order valence-electron chi connectivity index (χ2n) is 4.14. The fourth-order valence-electron chi connectivity index (χ4n) is 1.62. The molecule has 0 saturated carbocycles. The van der Waals surface area contributed by atoms with Crippen molar-refractivity contribution >= 4 is 22.6 Å². The summed E-state index contributed by atoms with van der Waals surface area (Å²) in [6.07, 6.45) is 0.811. The average Bonchev–Trinajstić information content (AvgIpc) is 2.48. The predicted octanol–water partition coefficient (Wildman–Crippen LogP) is 4.01. The highest BCUT2D eigenvalue weighted by Gasteiger charge is 1.97. The Morgan fingerprint density at radius 3 is 2.30 bits per heavy atom. The molecular weight excluding hydrogens is 365 g/mol. The van der Waals surface area contributed by atoms with E-state index in [1.165, 1.54) is 0 Å². The molecule has 102 valence electrons. The first-order chi connectivity index (χ1) is 9.78. The Bertz CT molecular complexity index is 590. The molecule has 2 rings (SSSR count). The lowest BCUT2D eigenvalue weighted by Gasteiger charge is -2.08. The summed E-state index contributed by atoms with van der Waals surface area (Å²) < 4.78 is 12.4. The lowest BCUT2D eigenvalue weighted by molar-refractivity contribution is 0.247. The minimum atomic E-state index is 0.593. The van der Waals surface area contributed by atoms with Gasteiger partial charge in [0.2, 0.25) is 0 Å². The molecule has 3 nitrogen and oxygen atoms in total. The SMILES string of the molecule is N#Cc1ccc(OCCCOc2cccc(I)c2)cc1. The largest absolute Gasteiger partial charge is 0.493 e. The summed E-state index contributed by atoms with van der Waals surface area (Å²) >= 11 is 2.26. The highest BCUT2D eigenvalue weighted by molar-refractivity contribution is 14.1. The van der Waals surface area contributed by atoms with Gasteiger partial charge in [0.05, 0.1) is 24.8 Å². The van der Waals surface area contributed by atoms with Crippen LogP contribution in [0.5, 0.6) is 11.5 Å². The maximum Gasteiger partial charge on any atom is 0.120 e. The standard InChI is InChI=1S/C16H14INO2/c17-14-3-1-4-16(11-14)20-10-2-9-19-15-7-5-13(12-18)6-8-15/h1,3-8,11H,2,9-10H2. The summed E-state index contributed by atoms with van der Waals surface area (Å²) in [7, 11) is 0. The van der Waals surface area contributed by atoms with Gasteiger partial charge in [0, 0.05) is 9.99 Å². The lowest BCUT2D eigenvalue weighted by Crippen LogP contribution is -2.05. The van der Waals surface area contributed by atoms with E-state index >= 15 is 0 Å². The summed E-state index contributed by atoms with van der Waals surface area (Å²) in [5.74, 6) is 1.66. The average molecular weight is 379 g/mol. The number of nitriles is 1. The molecule has 20 heavy (non-hydrogen) atoms. The van der Waals surface area contributed by atoms with Gasteiger partial charge in [-0.15, -0.1) is 0 Å². The Hall–Kier alpha value is -1.74. The number of benzene rings is 2. The molecule has 0 aromatic heterocycles. The molecule has 0 aliphatic rings. The van der Waals surface area contributed by atoms with Crippen molar-refractivity contribution < 1.29 is 9.47 Å². The van der Waals surface area contributed by atoms with Gasteiger partial charge in [-0.3, -0.25) is 0 Å². The topological polar surface area (TPSA) is 42.2 Å². The summed E-state index contributed by atoms with van der Waals surface area (Å²) in [6, 6.07) is 17.1. The third kappa shape index (κ3) is 4.74. The Kier molecular flexibility index (Phi) is 5.69. The zero-order chi connectivity index (χ0) is 14.2. The summed E-state index contributed by atoms with van der Waals surface area (Å²) in [5, 5.41) is 8.69. The van der Waals surface area contributed by atoms with E-state index in [4.69, 9.17) is 14.7 Å². The molecule has 0 heterocycles. The number of nitrogens with zero attached hydrogens (tertiary/aromatic N) is 1. The van der Waals surface area contributed by atoms with Crippen molar-refractivity contribution in [1.82, 2.24) is 0 Å². The van der Waals surface area contributed by atoms with E-state index in [2.05, 4.69) is 28.7 Å². The molecule has 0 bridgehead atoms. The van der Waals surface area contributed by atoms with Gasteiger partial charge < -0.3 is 9.47 Å². The molecule has 0 saturated heterocycles. The number of hydrogen-bond donors (Lipinski definition) is 0. The third-order valence-electron chi connectivity index (χ3n) is 2.61. The molecule has 0 spiro atoms. The Labute approximate surface area is 132 Å². The van der Waals surface area contributed by atoms with Gasteiger partial charge >= 0.3 is 0 Å². The Morgan fingerprint density at radius 1 is 0.950 bits per heavy atom. The lowest BCUT2D eigenvalue weighted by atomic mass is 10.2. The van der Waals surface area contributed by atoms with Crippen molar-refractivity contribution in [3.05, 3.63) is 57.7 Å². The Morgan fingerprint density at radius 2 is 1.65 bits per heavy atom. The molecule has 0 aliphatic heterocycles. The van der Waals surface area contributed by atoms with E-state index in [0.29, 0.717) is 18.8 Å². The first-order valence-electron chi connectivity index (χ1n) is 6.29. The number of hydrogen-bond acceptors (Lipinski definition) is 3. The van der Waals surface area contributed by atoms with Crippen LogP contribution in [0.1, 0.15) is 12.0 Å². The molecule has 0 unspecified atom stereocenters. The molecule has 0 N–H and O–H groups in total. The van der Waals surface area contributed by atoms with Crippen LogP contribution in [0.25, 0.3) is 0 Å². The van der Waals surface area contributed by atoms with Crippen molar-refractivity contribution in [2.24, 2.45) is 0 Å². The number of rotatable bonds is 6. The minimum absolute atomic E-state index is 0.593. The van der Waals surface area contributed by atoms with E-state index in [1.54, 1.807) is 24.3 Å². The van der Waals surface area contributed by atoms with Crippen LogP contribution in [0, 0.1) is 14.9 Å². The van der Waals surface area contributed by atoms with Crippen LogP contribution in [-0.4, -0.2) is 13.2 Å². The van der Waals surface area contributed by atoms with E-state index < -0.39 is 0 Å². The van der Waals surface area contributed by atoms with E-state index in [9.17, 15) is 0 Å². The zero-order valence-corrected chi connectivity index (χ0v) is 13.0. The first-order valence-corrected chi connectivity index (χ1v) is 7.37. The highest BCUT2D eigenvalue weighted by atomic mass is 127. The monoisotopic (exact) mass is 379 g/mol. The smallest absolute Gasteiger partial charge is 0.120 e. The zero-order valence-electron chi connectivity index (χ0n) is 10.9. The van der Waals surface area contributed by atoms with Gasteiger partial charge in [-0.2, -0.15) is 5.26 Å². The van der Waals surface area contributed by atoms with E-state index in [0.717, 1.165) is 21.5 Å². The molecule has 0 fully saturated rings. The Balaban J connectivity index is 1.67. The van der Waals surface area contributed by atoms with Crippen LogP contribution < -0.4 is 9.47 Å². The number of ether oxygens (including phenoxy) is 2. The molecule has 0 aliphatic carbocycles. The van der Waals surface area contributed by atoms with Crippen LogP contribution in [-0.2, 0) is 0 Å². The van der Waals surface area contributed by atoms with Crippen LogP contribution in [0.3, 0.4) is 0 Å². The van der Waals surface area contributed by atoms with Gasteiger partial charge in [0.25, 0.3) is 0 Å². The maximum atomic E-state index is 8.69. The van der Waals surface area contributed by atoms with Crippen LogP contribution in [0.15, 0.2) is 48.5 Å². The van der Waals surface area contributed by atoms with Gasteiger partial charge in [0.1, 0.15) is 11.5 Å². The van der Waals surface area contributed by atoms with Gasteiger partial charge in [-0.1, -0.05) is 6.07 Å². The van der Waals surface area contributed by atoms with Crippen molar-refractivity contribution in [3.8, 4) is 17.6 Å². The van der Waals surface area contributed by atoms with Crippen LogP contribution >= 0.6 is 22.6 Å². The second-order valence-corrected chi connectivity index (χ2v) is 5.39. The van der Waals surface area contributed by atoms with Crippen molar-refractivity contribution in [2.45, 2.75) is 6.42 Å². The quantitative estimate of drug-likeness (QED) is 0.563. The van der Waals surface area contributed by atoms with Crippen LogP contribution in [0.4, 0.5) is 0 Å². The second kappa shape index (κ2) is 7.75. The third-order valence-corrected chi connectivity index (χ3v) is 3.28.